The van der Waals surface area contributed by atoms with Crippen molar-refractivity contribution in [3.05, 3.63) is 35.6 Å². The van der Waals surface area contributed by atoms with Crippen molar-refractivity contribution in [2.45, 2.75) is 13.0 Å². The summed E-state index contributed by atoms with van der Waals surface area (Å²) in [4.78, 5) is 26.4. The van der Waals surface area contributed by atoms with Crippen molar-refractivity contribution in [1.29, 1.82) is 0 Å². The molecule has 1 fully saturated rings. The van der Waals surface area contributed by atoms with Crippen LogP contribution in [0.15, 0.2) is 24.3 Å². The van der Waals surface area contributed by atoms with Crippen LogP contribution in [0.25, 0.3) is 0 Å². The van der Waals surface area contributed by atoms with Gasteiger partial charge >= 0.3 is 5.97 Å². The second kappa shape index (κ2) is 6.00. The van der Waals surface area contributed by atoms with Crippen molar-refractivity contribution in [2.24, 2.45) is 0 Å². The Morgan fingerprint density at radius 2 is 1.80 bits per heavy atom. The molecule has 1 atom stereocenters. The van der Waals surface area contributed by atoms with Crippen LogP contribution >= 0.6 is 0 Å². The van der Waals surface area contributed by atoms with Crippen molar-refractivity contribution in [3.8, 4) is 0 Å². The molecule has 0 aromatic heterocycles. The molecule has 0 radical (unpaired) electrons. The zero-order chi connectivity index (χ0) is 14.7. The number of halogens is 1. The lowest BCUT2D eigenvalue weighted by atomic mass is 10.1. The summed E-state index contributed by atoms with van der Waals surface area (Å²) < 4.78 is 13.6. The van der Waals surface area contributed by atoms with Gasteiger partial charge in [-0.3, -0.25) is 14.5 Å². The molecule has 1 aromatic carbocycles. The summed E-state index contributed by atoms with van der Waals surface area (Å²) in [5.41, 5.74) is 0.0623. The van der Waals surface area contributed by atoms with Gasteiger partial charge in [0.15, 0.2) is 0 Å². The van der Waals surface area contributed by atoms with E-state index in [1.165, 1.54) is 12.1 Å². The molecule has 6 heteroatoms. The van der Waals surface area contributed by atoms with Crippen LogP contribution in [0.4, 0.5) is 4.39 Å². The summed E-state index contributed by atoms with van der Waals surface area (Å²) in [6.45, 7) is 3.40. The minimum Gasteiger partial charge on any atom is -0.480 e. The summed E-state index contributed by atoms with van der Waals surface area (Å²) >= 11 is 0. The molecule has 108 valence electrons. The fourth-order valence-electron chi connectivity index (χ4n) is 2.27. The van der Waals surface area contributed by atoms with Gasteiger partial charge in [-0.25, -0.2) is 4.39 Å². The van der Waals surface area contributed by atoms with Crippen LogP contribution in [-0.4, -0.2) is 59.0 Å². The predicted octanol–water partition coefficient (Wildman–Crippen LogP) is 1.06. The number of carboxylic acids is 1. The second-order valence-corrected chi connectivity index (χ2v) is 4.82. The molecule has 1 N–H and O–H groups in total. The topological polar surface area (TPSA) is 60.9 Å². The number of carbonyl (C=O) groups excluding carboxylic acids is 1. The van der Waals surface area contributed by atoms with Gasteiger partial charge in [0, 0.05) is 26.2 Å². The van der Waals surface area contributed by atoms with Gasteiger partial charge in [0.05, 0.1) is 5.56 Å². The summed E-state index contributed by atoms with van der Waals surface area (Å²) in [6, 6.07) is 5.32. The summed E-state index contributed by atoms with van der Waals surface area (Å²) in [5.74, 6) is -1.75. The minimum absolute atomic E-state index is 0.0623. The first-order valence-corrected chi connectivity index (χ1v) is 6.51. The van der Waals surface area contributed by atoms with E-state index in [1.54, 1.807) is 28.9 Å². The molecule has 1 aliphatic heterocycles. The Labute approximate surface area is 116 Å². The zero-order valence-electron chi connectivity index (χ0n) is 11.3. The largest absolute Gasteiger partial charge is 0.480 e. The van der Waals surface area contributed by atoms with Gasteiger partial charge in [0.25, 0.3) is 5.91 Å². The molecule has 0 unspecified atom stereocenters. The van der Waals surface area contributed by atoms with Gasteiger partial charge < -0.3 is 10.0 Å². The minimum atomic E-state index is -0.876. The van der Waals surface area contributed by atoms with E-state index < -0.39 is 17.8 Å². The lowest BCUT2D eigenvalue weighted by Crippen LogP contribution is -2.53. The number of nitrogens with zero attached hydrogens (tertiary/aromatic N) is 2. The van der Waals surface area contributed by atoms with E-state index >= 15 is 0 Å². The van der Waals surface area contributed by atoms with E-state index in [2.05, 4.69) is 0 Å². The van der Waals surface area contributed by atoms with E-state index in [4.69, 9.17) is 5.11 Å². The second-order valence-electron chi connectivity index (χ2n) is 4.82. The third kappa shape index (κ3) is 2.96. The van der Waals surface area contributed by atoms with Crippen molar-refractivity contribution in [3.63, 3.8) is 0 Å². The van der Waals surface area contributed by atoms with E-state index in [1.807, 2.05) is 0 Å². The van der Waals surface area contributed by atoms with Gasteiger partial charge in [0.1, 0.15) is 11.9 Å². The monoisotopic (exact) mass is 280 g/mol. The third-order valence-electron chi connectivity index (χ3n) is 3.61. The van der Waals surface area contributed by atoms with E-state index in [0.29, 0.717) is 26.2 Å². The maximum atomic E-state index is 13.6. The highest BCUT2D eigenvalue weighted by atomic mass is 19.1. The smallest absolute Gasteiger partial charge is 0.320 e. The Kier molecular flexibility index (Phi) is 4.34. The van der Waals surface area contributed by atoms with Crippen molar-refractivity contribution in [1.82, 2.24) is 9.80 Å². The maximum Gasteiger partial charge on any atom is 0.320 e. The third-order valence-corrected chi connectivity index (χ3v) is 3.61. The van der Waals surface area contributed by atoms with Crippen molar-refractivity contribution in [2.75, 3.05) is 26.2 Å². The van der Waals surface area contributed by atoms with Crippen molar-refractivity contribution < 1.29 is 19.1 Å². The van der Waals surface area contributed by atoms with Gasteiger partial charge in [-0.2, -0.15) is 0 Å². The highest BCUT2D eigenvalue weighted by Crippen LogP contribution is 2.13. The Bertz CT molecular complexity index is 513. The highest BCUT2D eigenvalue weighted by Gasteiger charge is 2.28. The molecule has 5 nitrogen and oxygen atoms in total. The van der Waals surface area contributed by atoms with Crippen LogP contribution in [0.2, 0.25) is 0 Å². The number of carboxylic acid groups (broad SMARTS) is 1. The molecule has 0 bridgehead atoms. The summed E-state index contributed by atoms with van der Waals surface area (Å²) in [5, 5.41) is 8.95. The molecule has 0 saturated carbocycles. The molecular weight excluding hydrogens is 263 g/mol. The first-order chi connectivity index (χ1) is 9.50. The summed E-state index contributed by atoms with van der Waals surface area (Å²) in [6.07, 6.45) is 0. The molecule has 0 spiro atoms. The number of rotatable bonds is 3. The number of piperazine rings is 1. The Morgan fingerprint density at radius 1 is 1.20 bits per heavy atom. The average Bonchev–Trinajstić information content (AvgIpc) is 2.46. The average molecular weight is 280 g/mol. The van der Waals surface area contributed by atoms with Crippen LogP contribution in [0, 0.1) is 5.82 Å². The fourth-order valence-corrected chi connectivity index (χ4v) is 2.27. The van der Waals surface area contributed by atoms with Crippen LogP contribution in [-0.2, 0) is 4.79 Å². The maximum absolute atomic E-state index is 13.6. The molecule has 1 heterocycles. The van der Waals surface area contributed by atoms with Crippen LogP contribution in [0.5, 0.6) is 0 Å². The number of benzene rings is 1. The van der Waals surface area contributed by atoms with E-state index in [9.17, 15) is 14.0 Å². The molecule has 2 rings (SSSR count). The predicted molar refractivity (Wildman–Crippen MR) is 71.0 cm³/mol. The normalized spacial score (nSPS) is 17.8. The molecule has 1 aliphatic rings. The van der Waals surface area contributed by atoms with Gasteiger partial charge in [0.2, 0.25) is 0 Å². The molecular formula is C14H17FN2O3. The molecule has 0 aliphatic carbocycles. The zero-order valence-corrected chi connectivity index (χ0v) is 11.3. The van der Waals surface area contributed by atoms with Gasteiger partial charge in [-0.1, -0.05) is 12.1 Å². The first-order valence-electron chi connectivity index (χ1n) is 6.51. The quantitative estimate of drug-likeness (QED) is 0.899. The standard InChI is InChI=1S/C14H17FN2O3/c1-10(14(19)20)16-6-8-17(9-7-16)13(18)11-4-2-3-5-12(11)15/h2-5,10H,6-9H2,1H3,(H,19,20)/t10-/m0/s1. The van der Waals surface area contributed by atoms with Crippen LogP contribution in [0.1, 0.15) is 17.3 Å². The number of aliphatic carboxylic acids is 1. The van der Waals surface area contributed by atoms with Crippen molar-refractivity contribution >= 4 is 11.9 Å². The lowest BCUT2D eigenvalue weighted by Gasteiger charge is -2.36. The molecule has 1 saturated heterocycles. The SMILES string of the molecule is C[C@@H](C(=O)O)N1CCN(C(=O)c2ccccc2F)CC1. The molecule has 20 heavy (non-hydrogen) atoms. The summed E-state index contributed by atoms with van der Waals surface area (Å²) in [7, 11) is 0. The van der Waals surface area contributed by atoms with Crippen LogP contribution in [0.3, 0.4) is 0 Å². The first kappa shape index (κ1) is 14.5. The Morgan fingerprint density at radius 3 is 2.35 bits per heavy atom. The van der Waals surface area contributed by atoms with E-state index in [-0.39, 0.29) is 11.5 Å². The number of amides is 1. The molecule has 1 aromatic rings. The lowest BCUT2D eigenvalue weighted by molar-refractivity contribution is -0.143. The number of hydrogen-bond donors (Lipinski definition) is 1. The Balaban J connectivity index is 1.99. The van der Waals surface area contributed by atoms with Gasteiger partial charge in [-0.15, -0.1) is 0 Å². The highest BCUT2D eigenvalue weighted by molar-refractivity contribution is 5.94. The fraction of sp³-hybridized carbons (Fsp3) is 0.429. The number of hydrogen-bond acceptors (Lipinski definition) is 3. The van der Waals surface area contributed by atoms with Gasteiger partial charge in [-0.05, 0) is 19.1 Å². The van der Waals surface area contributed by atoms with Crippen LogP contribution < -0.4 is 0 Å². The van der Waals surface area contributed by atoms with E-state index in [0.717, 1.165) is 0 Å². The number of carbonyl (C=O) groups is 2. The molecule has 1 amide bonds. The Hall–Kier alpha value is -1.95.